The smallest absolute Gasteiger partial charge is 0.292 e. The molecule has 0 bridgehead atoms. The maximum atomic E-state index is 12.8. The number of rotatable bonds is 2. The second-order valence-electron chi connectivity index (χ2n) is 6.45. The number of fused-ring (bicyclic) bond motifs is 3. The van der Waals surface area contributed by atoms with Crippen LogP contribution in [0, 0.1) is 12.3 Å². The van der Waals surface area contributed by atoms with Gasteiger partial charge in [0.25, 0.3) is 5.91 Å². The van der Waals surface area contributed by atoms with Gasteiger partial charge in [0.15, 0.2) is 27.8 Å². The fourth-order valence-corrected chi connectivity index (χ4v) is 4.29. The Labute approximate surface area is 170 Å². The first-order valence-corrected chi connectivity index (χ1v) is 9.88. The second kappa shape index (κ2) is 7.18. The van der Waals surface area contributed by atoms with E-state index in [4.69, 9.17) is 25.4 Å². The molecule has 5 rings (SSSR count). The number of nitrogens with zero attached hydrogens (tertiary/aromatic N) is 2. The average molecular weight is 408 g/mol. The van der Waals surface area contributed by atoms with Gasteiger partial charge in [-0.2, -0.15) is 4.99 Å². The van der Waals surface area contributed by atoms with Gasteiger partial charge in [-0.05, 0) is 12.1 Å². The van der Waals surface area contributed by atoms with Crippen LogP contribution in [0.1, 0.15) is 0 Å². The Morgan fingerprint density at radius 2 is 1.90 bits per heavy atom. The van der Waals surface area contributed by atoms with Gasteiger partial charge < -0.3 is 23.5 Å². The number of hydrogen-bond donors (Lipinski definition) is 0. The van der Waals surface area contributed by atoms with E-state index in [2.05, 4.69) is 10.9 Å². The van der Waals surface area contributed by atoms with Crippen LogP contribution in [0.4, 0.5) is 0 Å². The minimum absolute atomic E-state index is 0.107. The molecule has 0 saturated heterocycles. The molecular weight excluding hydrogens is 392 g/mol. The molecule has 1 amide bonds. The van der Waals surface area contributed by atoms with Gasteiger partial charge in [-0.3, -0.25) is 4.79 Å². The topological polar surface area (TPSA) is 71.3 Å². The molecule has 3 aromatic rings. The zero-order chi connectivity index (χ0) is 19.8. The lowest BCUT2D eigenvalue weighted by Crippen LogP contribution is -2.36. The molecular formula is C21H16N2O5S. The summed E-state index contributed by atoms with van der Waals surface area (Å²) in [5.74, 6) is 4.68. The SMILES string of the molecule is C#CCn1c(=NC(=O)C2COc3ccccc3O2)sc2cc3c(cc21)OCCO3. The van der Waals surface area contributed by atoms with Gasteiger partial charge in [0.2, 0.25) is 6.10 Å². The number of hydrogen-bond acceptors (Lipinski definition) is 6. The van der Waals surface area contributed by atoms with E-state index in [1.54, 1.807) is 12.1 Å². The predicted molar refractivity (Wildman–Crippen MR) is 107 cm³/mol. The molecule has 3 heterocycles. The number of aromatic nitrogens is 1. The number of ether oxygens (including phenoxy) is 4. The summed E-state index contributed by atoms with van der Waals surface area (Å²) in [6, 6.07) is 11.0. The van der Waals surface area contributed by atoms with Crippen LogP contribution >= 0.6 is 11.3 Å². The maximum Gasteiger partial charge on any atom is 0.292 e. The van der Waals surface area contributed by atoms with Crippen LogP contribution < -0.4 is 23.7 Å². The van der Waals surface area contributed by atoms with Crippen LogP contribution in [0.3, 0.4) is 0 Å². The van der Waals surface area contributed by atoms with Gasteiger partial charge >= 0.3 is 0 Å². The highest BCUT2D eigenvalue weighted by molar-refractivity contribution is 7.16. The molecule has 29 heavy (non-hydrogen) atoms. The van der Waals surface area contributed by atoms with Crippen molar-refractivity contribution in [2.45, 2.75) is 12.6 Å². The molecule has 7 nitrogen and oxygen atoms in total. The fourth-order valence-electron chi connectivity index (χ4n) is 3.24. The third-order valence-electron chi connectivity index (χ3n) is 4.59. The van der Waals surface area contributed by atoms with Gasteiger partial charge in [0.05, 0.1) is 16.8 Å². The Hall–Kier alpha value is -3.44. The van der Waals surface area contributed by atoms with Gasteiger partial charge in [0.1, 0.15) is 19.8 Å². The predicted octanol–water partition coefficient (Wildman–Crippen LogP) is 2.37. The summed E-state index contributed by atoms with van der Waals surface area (Å²) in [6.45, 7) is 1.38. The Morgan fingerprint density at radius 1 is 1.14 bits per heavy atom. The number of terminal acetylenes is 1. The first-order valence-electron chi connectivity index (χ1n) is 9.06. The molecule has 0 saturated carbocycles. The lowest BCUT2D eigenvalue weighted by atomic mass is 10.2. The van der Waals surface area contributed by atoms with Gasteiger partial charge in [-0.15, -0.1) is 6.42 Å². The molecule has 0 N–H and O–H groups in total. The largest absolute Gasteiger partial charge is 0.486 e. The fraction of sp³-hybridized carbons (Fsp3) is 0.238. The Kier molecular flexibility index (Phi) is 4.37. The number of carbonyl (C=O) groups excluding carboxylic acids is 1. The summed E-state index contributed by atoms with van der Waals surface area (Å²) in [7, 11) is 0. The van der Waals surface area contributed by atoms with Gasteiger partial charge in [-0.1, -0.05) is 29.4 Å². The monoisotopic (exact) mass is 408 g/mol. The molecule has 0 radical (unpaired) electrons. The summed E-state index contributed by atoms with van der Waals surface area (Å²) < 4.78 is 25.4. The maximum absolute atomic E-state index is 12.8. The molecule has 1 unspecified atom stereocenters. The number of amides is 1. The number of benzene rings is 2. The van der Waals surface area contributed by atoms with Crippen molar-refractivity contribution >= 4 is 27.5 Å². The summed E-state index contributed by atoms with van der Waals surface area (Å²) in [6.07, 6.45) is 4.74. The normalized spacial score (nSPS) is 17.8. The van der Waals surface area contributed by atoms with Crippen LogP contribution in [0.15, 0.2) is 41.4 Å². The molecule has 1 aromatic heterocycles. The molecule has 2 aromatic carbocycles. The second-order valence-corrected chi connectivity index (χ2v) is 7.46. The van der Waals surface area contributed by atoms with E-state index >= 15 is 0 Å². The van der Waals surface area contributed by atoms with E-state index in [-0.39, 0.29) is 13.2 Å². The minimum atomic E-state index is -0.811. The number of thiazole rings is 1. The number of carbonyl (C=O) groups is 1. The average Bonchev–Trinajstić information content (AvgIpc) is 3.08. The molecule has 2 aliphatic rings. The summed E-state index contributed by atoms with van der Waals surface area (Å²) in [4.78, 5) is 17.6. The van der Waals surface area contributed by atoms with Gasteiger partial charge in [0, 0.05) is 12.1 Å². The first-order chi connectivity index (χ1) is 14.2. The quantitative estimate of drug-likeness (QED) is 0.609. The Balaban J connectivity index is 1.53. The van der Waals surface area contributed by atoms with Crippen LogP contribution in [-0.2, 0) is 11.3 Å². The van der Waals surface area contributed by atoms with Gasteiger partial charge in [-0.25, -0.2) is 0 Å². The van der Waals surface area contributed by atoms with E-state index in [1.165, 1.54) is 11.3 Å². The molecule has 0 spiro atoms. The van der Waals surface area contributed by atoms with E-state index in [0.29, 0.717) is 41.0 Å². The molecule has 8 heteroatoms. The summed E-state index contributed by atoms with van der Waals surface area (Å²) in [5, 5.41) is 0. The van der Waals surface area contributed by atoms with Crippen molar-refractivity contribution in [1.82, 2.24) is 4.57 Å². The van der Waals surface area contributed by atoms with Crippen LogP contribution in [0.2, 0.25) is 0 Å². The third kappa shape index (κ3) is 3.19. The highest BCUT2D eigenvalue weighted by Gasteiger charge is 2.27. The summed E-state index contributed by atoms with van der Waals surface area (Å²) >= 11 is 1.36. The van der Waals surface area contributed by atoms with E-state index in [9.17, 15) is 4.79 Å². The lowest BCUT2D eigenvalue weighted by molar-refractivity contribution is -0.127. The van der Waals surface area contributed by atoms with Crippen molar-refractivity contribution in [2.24, 2.45) is 4.99 Å². The molecule has 0 fully saturated rings. The van der Waals surface area contributed by atoms with Crippen molar-refractivity contribution in [1.29, 1.82) is 0 Å². The van der Waals surface area contributed by atoms with Crippen molar-refractivity contribution in [2.75, 3.05) is 19.8 Å². The van der Waals surface area contributed by atoms with Crippen LogP contribution in [0.25, 0.3) is 10.2 Å². The molecule has 1 atom stereocenters. The highest BCUT2D eigenvalue weighted by atomic mass is 32.1. The Bertz CT molecular complexity index is 1220. The lowest BCUT2D eigenvalue weighted by Gasteiger charge is -2.23. The van der Waals surface area contributed by atoms with Crippen molar-refractivity contribution in [3.05, 3.63) is 41.2 Å². The minimum Gasteiger partial charge on any atom is -0.486 e. The van der Waals surface area contributed by atoms with E-state index in [1.807, 2.05) is 28.8 Å². The van der Waals surface area contributed by atoms with Crippen LogP contribution in [0.5, 0.6) is 23.0 Å². The molecule has 2 aliphatic heterocycles. The Morgan fingerprint density at radius 3 is 2.69 bits per heavy atom. The molecule has 146 valence electrons. The van der Waals surface area contributed by atoms with Crippen molar-refractivity contribution < 1.29 is 23.7 Å². The van der Waals surface area contributed by atoms with Crippen LogP contribution in [-0.4, -0.2) is 36.4 Å². The zero-order valence-corrected chi connectivity index (χ0v) is 16.1. The van der Waals surface area contributed by atoms with Crippen molar-refractivity contribution in [3.8, 4) is 35.3 Å². The first kappa shape index (κ1) is 17.6. The standard InChI is InChI=1S/C21H16N2O5S/c1-2-7-23-13-10-16-17(26-9-8-25-16)11-19(13)29-21(23)22-20(24)18-12-27-14-5-3-4-6-15(14)28-18/h1,3-6,10-11,18H,7-9,12H2. The zero-order valence-electron chi connectivity index (χ0n) is 15.3. The summed E-state index contributed by atoms with van der Waals surface area (Å²) in [5.41, 5.74) is 0.843. The molecule has 0 aliphatic carbocycles. The third-order valence-corrected chi connectivity index (χ3v) is 5.63. The van der Waals surface area contributed by atoms with E-state index in [0.717, 1.165) is 10.2 Å². The van der Waals surface area contributed by atoms with E-state index < -0.39 is 12.0 Å². The van der Waals surface area contributed by atoms with Crippen molar-refractivity contribution in [3.63, 3.8) is 0 Å². The number of para-hydroxylation sites is 2. The highest BCUT2D eigenvalue weighted by Crippen LogP contribution is 2.35.